The molecule has 1 amide bonds. The van der Waals surface area contributed by atoms with Gasteiger partial charge in [0.2, 0.25) is 0 Å². The van der Waals surface area contributed by atoms with Crippen LogP contribution in [0, 0.1) is 0 Å². The van der Waals surface area contributed by atoms with Gasteiger partial charge < -0.3 is 20.1 Å². The standard InChI is InChI=1S/C22H23N5O4S/c1-3-30-21(29)19-14(2)25-22(32)26-20(19)16-6-4-5-7-17(16)31-13-18(28)27-24-12-15-8-10-23-11-9-15/h4-12,20H,3,13H2,1-2H3,(H,27,28)(H2,25,26,32)/t20-/m0/s1. The van der Waals surface area contributed by atoms with Crippen LogP contribution in [0.4, 0.5) is 0 Å². The number of ether oxygens (including phenoxy) is 2. The number of amides is 1. The van der Waals surface area contributed by atoms with Crippen molar-refractivity contribution in [3.8, 4) is 5.75 Å². The van der Waals surface area contributed by atoms with Crippen LogP contribution < -0.4 is 20.8 Å². The summed E-state index contributed by atoms with van der Waals surface area (Å²) in [4.78, 5) is 28.7. The van der Waals surface area contributed by atoms with Crippen LogP contribution >= 0.6 is 12.2 Å². The number of benzene rings is 1. The number of hydrazone groups is 1. The van der Waals surface area contributed by atoms with Gasteiger partial charge in [-0.1, -0.05) is 18.2 Å². The number of hydrogen-bond acceptors (Lipinski definition) is 7. The molecule has 2 heterocycles. The minimum Gasteiger partial charge on any atom is -0.483 e. The first-order valence-corrected chi connectivity index (χ1v) is 10.3. The van der Waals surface area contributed by atoms with E-state index in [1.54, 1.807) is 56.6 Å². The van der Waals surface area contributed by atoms with Gasteiger partial charge in [-0.05, 0) is 49.8 Å². The van der Waals surface area contributed by atoms with Crippen LogP contribution in [0.2, 0.25) is 0 Å². The lowest BCUT2D eigenvalue weighted by atomic mass is 9.95. The number of carbonyl (C=O) groups excluding carboxylic acids is 2. The SMILES string of the molecule is CCOC(=O)C1=C(C)NC(=S)N[C@H]1c1ccccc1OCC(=O)NN=Cc1ccncc1. The van der Waals surface area contributed by atoms with E-state index in [4.69, 9.17) is 21.7 Å². The number of aromatic nitrogens is 1. The van der Waals surface area contributed by atoms with Crippen molar-refractivity contribution in [3.05, 3.63) is 71.2 Å². The summed E-state index contributed by atoms with van der Waals surface area (Å²) in [5, 5.41) is 10.3. The Kier molecular flexibility index (Phi) is 7.87. The predicted molar refractivity (Wildman–Crippen MR) is 123 cm³/mol. The maximum Gasteiger partial charge on any atom is 0.338 e. The first-order chi connectivity index (χ1) is 15.5. The van der Waals surface area contributed by atoms with E-state index in [2.05, 4.69) is 26.1 Å². The lowest BCUT2D eigenvalue weighted by Crippen LogP contribution is -2.45. The third kappa shape index (κ3) is 5.88. The summed E-state index contributed by atoms with van der Waals surface area (Å²) >= 11 is 5.27. The molecule has 0 unspecified atom stereocenters. The smallest absolute Gasteiger partial charge is 0.338 e. The molecule has 1 aromatic carbocycles. The number of carbonyl (C=O) groups is 2. The fraction of sp³-hybridized carbons (Fsp3) is 0.227. The van der Waals surface area contributed by atoms with Crippen molar-refractivity contribution in [3.63, 3.8) is 0 Å². The van der Waals surface area contributed by atoms with Crippen molar-refractivity contribution in [2.45, 2.75) is 19.9 Å². The van der Waals surface area contributed by atoms with Gasteiger partial charge in [-0.25, -0.2) is 10.2 Å². The Morgan fingerprint density at radius 2 is 2.00 bits per heavy atom. The molecule has 1 aliphatic heterocycles. The highest BCUT2D eigenvalue weighted by Crippen LogP contribution is 2.33. The van der Waals surface area contributed by atoms with Crippen LogP contribution in [-0.2, 0) is 14.3 Å². The zero-order valence-electron chi connectivity index (χ0n) is 17.6. The second kappa shape index (κ2) is 11.0. The molecule has 2 aromatic rings. The van der Waals surface area contributed by atoms with E-state index < -0.39 is 17.9 Å². The maximum absolute atomic E-state index is 12.6. The summed E-state index contributed by atoms with van der Waals surface area (Å²) in [6, 6.07) is 10.0. The van der Waals surface area contributed by atoms with E-state index in [9.17, 15) is 9.59 Å². The largest absolute Gasteiger partial charge is 0.483 e. The van der Waals surface area contributed by atoms with E-state index >= 15 is 0 Å². The second-order valence-electron chi connectivity index (χ2n) is 6.69. The number of pyridine rings is 1. The summed E-state index contributed by atoms with van der Waals surface area (Å²) in [7, 11) is 0. The van der Waals surface area contributed by atoms with Gasteiger partial charge in [-0.2, -0.15) is 5.10 Å². The molecule has 166 valence electrons. The minimum absolute atomic E-state index is 0.241. The molecule has 32 heavy (non-hydrogen) atoms. The number of nitrogens with one attached hydrogen (secondary N) is 3. The van der Waals surface area contributed by atoms with Gasteiger partial charge in [0.05, 0.1) is 24.4 Å². The molecule has 0 spiro atoms. The summed E-state index contributed by atoms with van der Waals surface area (Å²) < 4.78 is 11.0. The van der Waals surface area contributed by atoms with Crippen molar-refractivity contribution >= 4 is 35.4 Å². The van der Waals surface area contributed by atoms with E-state index in [1.165, 1.54) is 6.21 Å². The molecule has 0 radical (unpaired) electrons. The summed E-state index contributed by atoms with van der Waals surface area (Å²) in [6.07, 6.45) is 4.77. The second-order valence-corrected chi connectivity index (χ2v) is 7.10. The predicted octanol–water partition coefficient (Wildman–Crippen LogP) is 1.97. The third-order valence-corrected chi connectivity index (χ3v) is 4.68. The van der Waals surface area contributed by atoms with Gasteiger partial charge in [0.1, 0.15) is 5.75 Å². The number of esters is 1. The Morgan fingerprint density at radius 3 is 2.75 bits per heavy atom. The van der Waals surface area contributed by atoms with Crippen molar-refractivity contribution in [2.75, 3.05) is 13.2 Å². The Labute approximate surface area is 190 Å². The molecule has 0 aliphatic carbocycles. The van der Waals surface area contributed by atoms with Gasteiger partial charge in [-0.3, -0.25) is 9.78 Å². The summed E-state index contributed by atoms with van der Waals surface area (Å²) in [6.45, 7) is 3.47. The highest BCUT2D eigenvalue weighted by molar-refractivity contribution is 7.80. The molecule has 3 N–H and O–H groups in total. The lowest BCUT2D eigenvalue weighted by Gasteiger charge is -2.30. The van der Waals surface area contributed by atoms with Crippen molar-refractivity contribution in [2.24, 2.45) is 5.10 Å². The van der Waals surface area contributed by atoms with Gasteiger partial charge in [0.15, 0.2) is 11.7 Å². The number of thiocarbonyl (C=S) groups is 1. The van der Waals surface area contributed by atoms with Crippen LogP contribution in [0.15, 0.2) is 65.2 Å². The molecule has 0 fully saturated rings. The molecule has 0 saturated heterocycles. The van der Waals surface area contributed by atoms with Crippen LogP contribution in [0.3, 0.4) is 0 Å². The summed E-state index contributed by atoms with van der Waals surface area (Å²) in [5.74, 6) is -0.468. The monoisotopic (exact) mass is 453 g/mol. The van der Waals surface area contributed by atoms with E-state index in [0.717, 1.165) is 5.56 Å². The zero-order chi connectivity index (χ0) is 22.9. The Balaban J connectivity index is 1.73. The normalized spacial score (nSPS) is 15.7. The number of hydrogen-bond donors (Lipinski definition) is 3. The zero-order valence-corrected chi connectivity index (χ0v) is 18.4. The molecule has 9 nitrogen and oxygen atoms in total. The Bertz CT molecular complexity index is 1060. The summed E-state index contributed by atoms with van der Waals surface area (Å²) in [5.41, 5.74) is 4.84. The number of rotatable bonds is 8. The van der Waals surface area contributed by atoms with E-state index in [-0.39, 0.29) is 13.2 Å². The fourth-order valence-electron chi connectivity index (χ4n) is 3.06. The van der Waals surface area contributed by atoms with Gasteiger partial charge >= 0.3 is 5.97 Å². The fourth-order valence-corrected chi connectivity index (χ4v) is 3.33. The molecular formula is C22H23N5O4S. The first kappa shape index (κ1) is 22.9. The van der Waals surface area contributed by atoms with Crippen LogP contribution in [0.25, 0.3) is 0 Å². The quantitative estimate of drug-likeness (QED) is 0.241. The highest BCUT2D eigenvalue weighted by atomic mass is 32.1. The average molecular weight is 454 g/mol. The lowest BCUT2D eigenvalue weighted by molar-refractivity contribution is -0.139. The molecule has 0 saturated carbocycles. The Morgan fingerprint density at radius 1 is 1.25 bits per heavy atom. The number of para-hydroxylation sites is 1. The molecule has 1 aliphatic rings. The third-order valence-electron chi connectivity index (χ3n) is 4.46. The van der Waals surface area contributed by atoms with Gasteiger partial charge in [0, 0.05) is 23.7 Å². The number of allylic oxidation sites excluding steroid dienone is 1. The van der Waals surface area contributed by atoms with E-state index in [0.29, 0.717) is 27.7 Å². The Hall–Kier alpha value is -3.79. The molecular weight excluding hydrogens is 430 g/mol. The van der Waals surface area contributed by atoms with Crippen LogP contribution in [0.5, 0.6) is 5.75 Å². The molecule has 1 aromatic heterocycles. The van der Waals surface area contributed by atoms with Gasteiger partial charge in [-0.15, -0.1) is 0 Å². The van der Waals surface area contributed by atoms with Crippen molar-refractivity contribution in [1.82, 2.24) is 21.0 Å². The first-order valence-electron chi connectivity index (χ1n) is 9.88. The number of nitrogens with zero attached hydrogens (tertiary/aromatic N) is 2. The topological polar surface area (TPSA) is 114 Å². The average Bonchev–Trinajstić information content (AvgIpc) is 2.78. The molecule has 1 atom stereocenters. The molecule has 0 bridgehead atoms. The molecule has 10 heteroatoms. The van der Waals surface area contributed by atoms with Crippen LogP contribution in [-0.4, -0.2) is 41.4 Å². The van der Waals surface area contributed by atoms with E-state index in [1.807, 2.05) is 6.07 Å². The van der Waals surface area contributed by atoms with Crippen LogP contribution in [0.1, 0.15) is 31.0 Å². The van der Waals surface area contributed by atoms with Crippen molar-refractivity contribution < 1.29 is 19.1 Å². The highest BCUT2D eigenvalue weighted by Gasteiger charge is 2.32. The maximum atomic E-state index is 12.6. The van der Waals surface area contributed by atoms with Crippen molar-refractivity contribution in [1.29, 1.82) is 0 Å². The minimum atomic E-state index is -0.591. The molecule has 3 rings (SSSR count). The van der Waals surface area contributed by atoms with Gasteiger partial charge in [0.25, 0.3) is 5.91 Å².